The number of carbonyl (C=O) groups excluding carboxylic acids is 1. The van der Waals surface area contributed by atoms with Gasteiger partial charge in [-0.1, -0.05) is 29.4 Å². The van der Waals surface area contributed by atoms with Crippen LogP contribution < -0.4 is 5.32 Å². The molecule has 7 nitrogen and oxygen atoms in total. The van der Waals surface area contributed by atoms with Crippen LogP contribution in [0.4, 0.5) is 10.4 Å². The van der Waals surface area contributed by atoms with E-state index in [1.807, 2.05) is 0 Å². The fourth-order valence-corrected chi connectivity index (χ4v) is 2.27. The molecule has 0 saturated carbocycles. The van der Waals surface area contributed by atoms with Gasteiger partial charge >= 0.3 is 11.9 Å². The van der Waals surface area contributed by atoms with Gasteiger partial charge in [0.25, 0.3) is 5.89 Å². The van der Waals surface area contributed by atoms with Gasteiger partial charge in [0.05, 0.1) is 6.42 Å². The first kappa shape index (κ1) is 15.0. The minimum absolute atomic E-state index is 0.0654. The first-order chi connectivity index (χ1) is 12.2. The van der Waals surface area contributed by atoms with Crippen LogP contribution in [-0.2, 0) is 6.42 Å². The average Bonchev–Trinajstić information content (AvgIpc) is 3.23. The lowest BCUT2D eigenvalue weighted by molar-refractivity contribution is 0.0989. The number of nitrogens with one attached hydrogen (secondary N) is 1. The number of para-hydroxylation sites is 2. The highest BCUT2D eigenvalue weighted by Crippen LogP contribution is 2.16. The smallest absolute Gasteiger partial charge is 0.322 e. The number of benzene rings is 2. The van der Waals surface area contributed by atoms with E-state index in [0.717, 1.165) is 5.56 Å². The Morgan fingerprint density at radius 1 is 1.04 bits per heavy atom. The number of hydrogen-bond acceptors (Lipinski definition) is 6. The van der Waals surface area contributed by atoms with Crippen LogP contribution in [0, 0.1) is 5.82 Å². The number of aromatic nitrogens is 3. The summed E-state index contributed by atoms with van der Waals surface area (Å²) >= 11 is 0. The molecule has 0 atom stereocenters. The number of hydrogen-bond donors (Lipinski definition) is 1. The summed E-state index contributed by atoms with van der Waals surface area (Å²) in [4.78, 5) is 16.2. The summed E-state index contributed by atoms with van der Waals surface area (Å²) in [7, 11) is 0. The summed E-state index contributed by atoms with van der Waals surface area (Å²) in [5.74, 6) is -0.715. The number of amides is 1. The molecule has 124 valence electrons. The van der Waals surface area contributed by atoms with E-state index >= 15 is 0 Å². The zero-order valence-electron chi connectivity index (χ0n) is 12.8. The lowest BCUT2D eigenvalue weighted by Crippen LogP contribution is -2.12. The Bertz CT molecular complexity index is 1010. The van der Waals surface area contributed by atoms with Gasteiger partial charge in [-0.15, -0.1) is 5.10 Å². The summed E-state index contributed by atoms with van der Waals surface area (Å²) in [6.45, 7) is 0. The van der Waals surface area contributed by atoms with Crippen LogP contribution in [0.1, 0.15) is 22.1 Å². The molecule has 0 aliphatic heterocycles. The highest BCUT2D eigenvalue weighted by Gasteiger charge is 2.17. The van der Waals surface area contributed by atoms with Gasteiger partial charge in [-0.25, -0.2) is 9.37 Å². The van der Waals surface area contributed by atoms with Crippen LogP contribution in [-0.4, -0.2) is 21.1 Å². The lowest BCUT2D eigenvalue weighted by Gasteiger charge is -1.97. The van der Waals surface area contributed by atoms with Crippen molar-refractivity contribution in [3.05, 3.63) is 71.7 Å². The van der Waals surface area contributed by atoms with Gasteiger partial charge in [0.15, 0.2) is 5.58 Å². The van der Waals surface area contributed by atoms with Gasteiger partial charge in [-0.05, 0) is 29.8 Å². The second-order valence-electron chi connectivity index (χ2n) is 5.25. The van der Waals surface area contributed by atoms with Crippen molar-refractivity contribution in [2.45, 2.75) is 6.42 Å². The molecule has 4 rings (SSSR count). The van der Waals surface area contributed by atoms with Crippen molar-refractivity contribution < 1.29 is 18.0 Å². The lowest BCUT2D eigenvalue weighted by atomic mass is 10.1. The third kappa shape index (κ3) is 3.23. The molecule has 2 aromatic heterocycles. The fourth-order valence-electron chi connectivity index (χ4n) is 2.27. The standard InChI is InChI=1S/C17H11FN4O3/c18-11-7-5-10(6-8-11)9-14-21-22-17(25-14)20-15(23)16-19-12-3-1-2-4-13(12)24-16/h1-8H,9H2,(H,20,22,23). The predicted octanol–water partition coefficient (Wildman–Crippen LogP) is 3.19. The third-order valence-electron chi connectivity index (χ3n) is 3.44. The van der Waals surface area contributed by atoms with Gasteiger partial charge < -0.3 is 8.83 Å². The molecule has 0 saturated heterocycles. The van der Waals surface area contributed by atoms with Gasteiger partial charge in [-0.2, -0.15) is 0 Å². The summed E-state index contributed by atoms with van der Waals surface area (Å²) in [6.07, 6.45) is 0.325. The molecule has 25 heavy (non-hydrogen) atoms. The van der Waals surface area contributed by atoms with Gasteiger partial charge in [0.1, 0.15) is 11.3 Å². The number of anilines is 1. The van der Waals surface area contributed by atoms with Crippen LogP contribution in [0.15, 0.2) is 57.4 Å². The molecule has 0 radical (unpaired) electrons. The average molecular weight is 338 g/mol. The van der Waals surface area contributed by atoms with Crippen molar-refractivity contribution in [2.24, 2.45) is 0 Å². The second-order valence-corrected chi connectivity index (χ2v) is 5.25. The monoisotopic (exact) mass is 338 g/mol. The molecule has 2 aromatic carbocycles. The van der Waals surface area contributed by atoms with E-state index < -0.39 is 5.91 Å². The molecule has 2 heterocycles. The quantitative estimate of drug-likeness (QED) is 0.614. The number of rotatable bonds is 4. The molecular formula is C17H11FN4O3. The Balaban J connectivity index is 1.46. The highest BCUT2D eigenvalue weighted by molar-refractivity contribution is 6.00. The minimum Gasteiger partial charge on any atom is -0.432 e. The molecule has 0 aliphatic carbocycles. The van der Waals surface area contributed by atoms with E-state index in [1.165, 1.54) is 12.1 Å². The van der Waals surface area contributed by atoms with Gasteiger partial charge in [-0.3, -0.25) is 10.1 Å². The van der Waals surface area contributed by atoms with E-state index in [0.29, 0.717) is 23.4 Å². The molecule has 0 spiro atoms. The first-order valence-electron chi connectivity index (χ1n) is 7.41. The molecular weight excluding hydrogens is 327 g/mol. The number of carbonyl (C=O) groups is 1. The normalized spacial score (nSPS) is 10.9. The van der Waals surface area contributed by atoms with Crippen LogP contribution in [0.2, 0.25) is 0 Å². The number of fused-ring (bicyclic) bond motifs is 1. The Kier molecular flexibility index (Phi) is 3.70. The molecule has 8 heteroatoms. The summed E-state index contributed by atoms with van der Waals surface area (Å²) in [5, 5.41) is 10.0. The number of nitrogens with zero attached hydrogens (tertiary/aromatic N) is 3. The summed E-state index contributed by atoms with van der Waals surface area (Å²) < 4.78 is 23.6. The Morgan fingerprint density at radius 3 is 2.64 bits per heavy atom. The maximum Gasteiger partial charge on any atom is 0.322 e. The van der Waals surface area contributed by atoms with Gasteiger partial charge in [0, 0.05) is 0 Å². The maximum atomic E-state index is 12.9. The van der Waals surface area contributed by atoms with Crippen LogP contribution >= 0.6 is 0 Å². The zero-order chi connectivity index (χ0) is 17.2. The Morgan fingerprint density at radius 2 is 1.84 bits per heavy atom. The molecule has 0 unspecified atom stereocenters. The maximum absolute atomic E-state index is 12.9. The first-order valence-corrected chi connectivity index (χ1v) is 7.41. The van der Waals surface area contributed by atoms with Gasteiger partial charge in [0.2, 0.25) is 5.89 Å². The second kappa shape index (κ2) is 6.16. The largest absolute Gasteiger partial charge is 0.432 e. The van der Waals surface area contributed by atoms with Crippen LogP contribution in [0.3, 0.4) is 0 Å². The van der Waals surface area contributed by atoms with Crippen molar-refractivity contribution in [2.75, 3.05) is 5.32 Å². The third-order valence-corrected chi connectivity index (χ3v) is 3.44. The van der Waals surface area contributed by atoms with Crippen molar-refractivity contribution in [1.82, 2.24) is 15.2 Å². The molecule has 0 fully saturated rings. The fraction of sp³-hybridized carbons (Fsp3) is 0.0588. The predicted molar refractivity (Wildman–Crippen MR) is 85.5 cm³/mol. The molecule has 0 bridgehead atoms. The highest BCUT2D eigenvalue weighted by atomic mass is 19.1. The number of oxazole rings is 1. The summed E-state index contributed by atoms with van der Waals surface area (Å²) in [5.41, 5.74) is 1.90. The van der Waals surface area contributed by atoms with E-state index in [1.54, 1.807) is 36.4 Å². The SMILES string of the molecule is O=C(Nc1nnc(Cc2ccc(F)cc2)o1)c1nc2ccccc2o1. The van der Waals surface area contributed by atoms with Crippen LogP contribution in [0.25, 0.3) is 11.1 Å². The molecule has 4 aromatic rings. The molecule has 1 amide bonds. The van der Waals surface area contributed by atoms with Crippen LogP contribution in [0.5, 0.6) is 0 Å². The number of halogens is 1. The topological polar surface area (TPSA) is 94.1 Å². The van der Waals surface area contributed by atoms with Crippen molar-refractivity contribution in [1.29, 1.82) is 0 Å². The van der Waals surface area contributed by atoms with Crippen molar-refractivity contribution >= 4 is 23.0 Å². The van der Waals surface area contributed by atoms with E-state index in [2.05, 4.69) is 20.5 Å². The van der Waals surface area contributed by atoms with Crippen molar-refractivity contribution in [3.63, 3.8) is 0 Å². The van der Waals surface area contributed by atoms with E-state index in [-0.39, 0.29) is 17.7 Å². The van der Waals surface area contributed by atoms with Crippen molar-refractivity contribution in [3.8, 4) is 0 Å². The zero-order valence-corrected chi connectivity index (χ0v) is 12.8. The molecule has 1 N–H and O–H groups in total. The minimum atomic E-state index is -0.590. The van der Waals surface area contributed by atoms with E-state index in [4.69, 9.17) is 8.83 Å². The molecule has 0 aliphatic rings. The van der Waals surface area contributed by atoms with E-state index in [9.17, 15) is 9.18 Å². The Hall–Kier alpha value is -3.55. The summed E-state index contributed by atoms with van der Waals surface area (Å²) in [6, 6.07) is 12.9. The Labute approximate surface area is 140 Å².